The van der Waals surface area contributed by atoms with Gasteiger partial charge in [-0.25, -0.2) is 9.07 Å². The van der Waals surface area contributed by atoms with Gasteiger partial charge in [-0.15, -0.1) is 0 Å². The molecule has 0 saturated heterocycles. The van der Waals surface area contributed by atoms with Gasteiger partial charge in [-0.1, -0.05) is 0 Å². The van der Waals surface area contributed by atoms with Crippen molar-refractivity contribution in [3.05, 3.63) is 52.1 Å². The van der Waals surface area contributed by atoms with Crippen molar-refractivity contribution in [3.8, 4) is 11.3 Å². The van der Waals surface area contributed by atoms with Crippen LogP contribution in [0.25, 0.3) is 11.3 Å². The lowest BCUT2D eigenvalue weighted by Gasteiger charge is -2.08. The summed E-state index contributed by atoms with van der Waals surface area (Å²) in [5, 5.41) is 3.58. The summed E-state index contributed by atoms with van der Waals surface area (Å²) in [6.45, 7) is 2.15. The molecule has 0 radical (unpaired) electrons. The van der Waals surface area contributed by atoms with E-state index >= 15 is 0 Å². The van der Waals surface area contributed by atoms with Crippen LogP contribution in [-0.4, -0.2) is 15.0 Å². The van der Waals surface area contributed by atoms with Crippen molar-refractivity contribution in [2.24, 2.45) is 0 Å². The van der Waals surface area contributed by atoms with Crippen molar-refractivity contribution in [2.45, 2.75) is 19.9 Å². The summed E-state index contributed by atoms with van der Waals surface area (Å²) in [5.41, 5.74) is 1.10. The van der Waals surface area contributed by atoms with Gasteiger partial charge in [0.2, 0.25) is 5.24 Å². The lowest BCUT2D eigenvalue weighted by Crippen LogP contribution is -2.26. The van der Waals surface area contributed by atoms with Crippen LogP contribution in [0.3, 0.4) is 0 Å². The normalized spacial score (nSPS) is 10.6. The maximum absolute atomic E-state index is 12.9. The van der Waals surface area contributed by atoms with E-state index in [1.807, 2.05) is 0 Å². The van der Waals surface area contributed by atoms with E-state index in [0.29, 0.717) is 17.8 Å². The van der Waals surface area contributed by atoms with E-state index in [1.54, 1.807) is 19.1 Å². The van der Waals surface area contributed by atoms with Crippen LogP contribution in [0, 0.1) is 5.82 Å². The molecule has 0 aliphatic rings. The van der Waals surface area contributed by atoms with Crippen molar-refractivity contribution in [2.75, 3.05) is 0 Å². The van der Waals surface area contributed by atoms with Gasteiger partial charge in [-0.3, -0.25) is 9.59 Å². The number of rotatable bonds is 4. The molecule has 1 aromatic carbocycles. The lowest BCUT2D eigenvalue weighted by atomic mass is 10.1. The van der Waals surface area contributed by atoms with Gasteiger partial charge < -0.3 is 0 Å². The zero-order valence-electron chi connectivity index (χ0n) is 10.8. The van der Waals surface area contributed by atoms with Gasteiger partial charge in [0.1, 0.15) is 5.82 Å². The van der Waals surface area contributed by atoms with Crippen LogP contribution in [0.2, 0.25) is 0 Å². The standard InChI is InChI=1S/C14H12ClFN2O2/c1-2-18-14(20)10(8-13(15)19)7-12(17-18)9-3-5-11(16)6-4-9/h3-7H,2,8H2,1H3. The van der Waals surface area contributed by atoms with Crippen molar-refractivity contribution >= 4 is 16.8 Å². The van der Waals surface area contributed by atoms with Gasteiger partial charge >= 0.3 is 0 Å². The molecule has 0 saturated carbocycles. The smallest absolute Gasteiger partial charge is 0.270 e. The molecule has 2 aromatic rings. The second-order valence-electron chi connectivity index (χ2n) is 4.21. The molecule has 6 heteroatoms. The summed E-state index contributed by atoms with van der Waals surface area (Å²) in [6, 6.07) is 7.26. The fourth-order valence-corrected chi connectivity index (χ4v) is 1.99. The summed E-state index contributed by atoms with van der Waals surface area (Å²) >= 11 is 5.34. The molecule has 0 N–H and O–H groups in total. The van der Waals surface area contributed by atoms with Gasteiger partial charge in [0.05, 0.1) is 12.1 Å². The van der Waals surface area contributed by atoms with Crippen LogP contribution in [0.1, 0.15) is 12.5 Å². The Hall–Kier alpha value is -2.01. The van der Waals surface area contributed by atoms with Crippen LogP contribution in [0.15, 0.2) is 35.1 Å². The molecule has 1 heterocycles. The highest BCUT2D eigenvalue weighted by Crippen LogP contribution is 2.17. The molecular formula is C14H12ClFN2O2. The maximum atomic E-state index is 12.9. The lowest BCUT2D eigenvalue weighted by molar-refractivity contribution is -0.111. The number of hydrogen-bond donors (Lipinski definition) is 0. The van der Waals surface area contributed by atoms with E-state index in [9.17, 15) is 14.0 Å². The quantitative estimate of drug-likeness (QED) is 0.814. The minimum absolute atomic E-state index is 0.156. The molecule has 0 amide bonds. The molecule has 0 bridgehead atoms. The predicted molar refractivity (Wildman–Crippen MR) is 74.1 cm³/mol. The fraction of sp³-hybridized carbons (Fsp3) is 0.214. The first-order valence-corrected chi connectivity index (χ1v) is 6.44. The molecule has 0 fully saturated rings. The van der Waals surface area contributed by atoms with Crippen LogP contribution in [0.4, 0.5) is 4.39 Å². The Kier molecular flexibility index (Phi) is 4.29. The zero-order chi connectivity index (χ0) is 14.7. The zero-order valence-corrected chi connectivity index (χ0v) is 11.5. The minimum atomic E-state index is -0.610. The molecular weight excluding hydrogens is 283 g/mol. The number of carbonyl (C=O) groups excluding carboxylic acids is 1. The van der Waals surface area contributed by atoms with E-state index in [-0.39, 0.29) is 23.4 Å². The van der Waals surface area contributed by atoms with Crippen molar-refractivity contribution in [1.29, 1.82) is 0 Å². The molecule has 4 nitrogen and oxygen atoms in total. The van der Waals surface area contributed by atoms with E-state index in [2.05, 4.69) is 5.10 Å². The molecule has 0 atom stereocenters. The number of halogens is 2. The van der Waals surface area contributed by atoms with Gasteiger partial charge in [0.15, 0.2) is 0 Å². The molecule has 0 spiro atoms. The number of aryl methyl sites for hydroxylation is 1. The summed E-state index contributed by atoms with van der Waals surface area (Å²) < 4.78 is 14.2. The monoisotopic (exact) mass is 294 g/mol. The Bertz CT molecular complexity index is 695. The highest BCUT2D eigenvalue weighted by atomic mass is 35.5. The third kappa shape index (κ3) is 3.11. The van der Waals surface area contributed by atoms with Gasteiger partial charge in [0.25, 0.3) is 5.56 Å². The average Bonchev–Trinajstić information content (AvgIpc) is 2.41. The summed E-state index contributed by atoms with van der Waals surface area (Å²) in [4.78, 5) is 23.0. The second kappa shape index (κ2) is 5.96. The maximum Gasteiger partial charge on any atom is 0.270 e. The first-order chi connectivity index (χ1) is 9.51. The van der Waals surface area contributed by atoms with Crippen LogP contribution >= 0.6 is 11.6 Å². The Labute approximate surface area is 119 Å². The van der Waals surface area contributed by atoms with Crippen LogP contribution < -0.4 is 5.56 Å². The Morgan fingerprint density at radius 3 is 2.55 bits per heavy atom. The molecule has 1 aromatic heterocycles. The van der Waals surface area contributed by atoms with E-state index in [1.165, 1.54) is 22.9 Å². The molecule has 0 unspecified atom stereocenters. The first kappa shape index (κ1) is 14.4. The Balaban J connectivity index is 2.56. The molecule has 104 valence electrons. The molecule has 20 heavy (non-hydrogen) atoms. The predicted octanol–water partition coefficient (Wildman–Crippen LogP) is 2.38. The van der Waals surface area contributed by atoms with Crippen molar-refractivity contribution in [3.63, 3.8) is 0 Å². The third-order valence-corrected chi connectivity index (χ3v) is 2.95. The summed E-state index contributed by atoms with van der Waals surface area (Å²) in [5.74, 6) is -0.353. The SMILES string of the molecule is CCn1nc(-c2ccc(F)cc2)cc(CC(=O)Cl)c1=O. The topological polar surface area (TPSA) is 52.0 Å². The molecule has 0 aliphatic heterocycles. The van der Waals surface area contributed by atoms with E-state index in [0.717, 1.165) is 0 Å². The van der Waals surface area contributed by atoms with Gasteiger partial charge in [-0.2, -0.15) is 5.10 Å². The van der Waals surface area contributed by atoms with Crippen molar-refractivity contribution < 1.29 is 9.18 Å². The largest absolute Gasteiger partial charge is 0.281 e. The number of carbonyl (C=O) groups is 1. The van der Waals surface area contributed by atoms with Gasteiger partial charge in [-0.05, 0) is 48.9 Å². The van der Waals surface area contributed by atoms with Crippen LogP contribution in [-0.2, 0) is 17.8 Å². The first-order valence-electron chi connectivity index (χ1n) is 6.06. The van der Waals surface area contributed by atoms with Crippen molar-refractivity contribution in [1.82, 2.24) is 9.78 Å². The molecule has 0 aliphatic carbocycles. The Morgan fingerprint density at radius 2 is 2.00 bits per heavy atom. The van der Waals surface area contributed by atoms with E-state index in [4.69, 9.17) is 11.6 Å². The number of hydrogen-bond acceptors (Lipinski definition) is 3. The number of benzene rings is 1. The van der Waals surface area contributed by atoms with Crippen LogP contribution in [0.5, 0.6) is 0 Å². The highest BCUT2D eigenvalue weighted by molar-refractivity contribution is 6.63. The number of nitrogens with zero attached hydrogens (tertiary/aromatic N) is 2. The Morgan fingerprint density at radius 1 is 1.35 bits per heavy atom. The second-order valence-corrected chi connectivity index (χ2v) is 4.64. The third-order valence-electron chi connectivity index (χ3n) is 2.82. The van der Waals surface area contributed by atoms with E-state index < -0.39 is 5.24 Å². The minimum Gasteiger partial charge on any atom is -0.281 e. The fourth-order valence-electron chi connectivity index (χ4n) is 1.85. The molecule has 2 rings (SSSR count). The van der Waals surface area contributed by atoms with Gasteiger partial charge in [0, 0.05) is 17.7 Å². The summed E-state index contributed by atoms with van der Waals surface area (Å²) in [7, 11) is 0. The summed E-state index contributed by atoms with van der Waals surface area (Å²) in [6.07, 6.45) is -0.156. The highest BCUT2D eigenvalue weighted by Gasteiger charge is 2.11. The number of aromatic nitrogens is 2. The average molecular weight is 295 g/mol.